The molecule has 0 spiro atoms. The van der Waals surface area contributed by atoms with E-state index >= 15 is 0 Å². The molecule has 0 radical (unpaired) electrons. The molecule has 0 heterocycles. The summed E-state index contributed by atoms with van der Waals surface area (Å²) in [7, 11) is 0. The Morgan fingerprint density at radius 1 is 1.44 bits per heavy atom. The van der Waals surface area contributed by atoms with Crippen molar-refractivity contribution in [2.24, 2.45) is 5.92 Å². The van der Waals surface area contributed by atoms with Crippen molar-refractivity contribution in [1.82, 2.24) is 0 Å². The van der Waals surface area contributed by atoms with Crippen LogP contribution >= 0.6 is 0 Å². The van der Waals surface area contributed by atoms with Crippen molar-refractivity contribution in [3.63, 3.8) is 0 Å². The van der Waals surface area contributed by atoms with Crippen LogP contribution in [0.3, 0.4) is 0 Å². The molecule has 0 saturated carbocycles. The van der Waals surface area contributed by atoms with Crippen molar-refractivity contribution in [3.8, 4) is 5.75 Å². The number of aliphatic hydroxyl groups is 1. The van der Waals surface area contributed by atoms with Gasteiger partial charge in [-0.2, -0.15) is 0 Å². The van der Waals surface area contributed by atoms with Gasteiger partial charge in [-0.25, -0.2) is 4.39 Å². The Morgan fingerprint density at radius 3 is 2.75 bits per heavy atom. The third kappa shape index (κ3) is 3.81. The summed E-state index contributed by atoms with van der Waals surface area (Å²) in [6.07, 6.45) is 2.19. The molecule has 0 amide bonds. The molecule has 2 nitrogen and oxygen atoms in total. The fraction of sp³-hybridized carbons (Fsp3) is 0.538. The van der Waals surface area contributed by atoms with Crippen molar-refractivity contribution < 1.29 is 14.2 Å². The summed E-state index contributed by atoms with van der Waals surface area (Å²) in [5.74, 6) is 0.289. The van der Waals surface area contributed by atoms with Crippen LogP contribution in [-0.2, 0) is 6.61 Å². The van der Waals surface area contributed by atoms with Crippen LogP contribution in [0.1, 0.15) is 32.3 Å². The number of benzene rings is 1. The summed E-state index contributed by atoms with van der Waals surface area (Å²) in [6, 6.07) is 4.54. The summed E-state index contributed by atoms with van der Waals surface area (Å²) in [4.78, 5) is 0. The number of hydrogen-bond acceptors (Lipinski definition) is 2. The molecule has 1 N–H and O–H groups in total. The van der Waals surface area contributed by atoms with E-state index < -0.39 is 5.82 Å². The number of halogens is 1. The van der Waals surface area contributed by atoms with Gasteiger partial charge in [0.15, 0.2) is 11.6 Å². The van der Waals surface area contributed by atoms with Crippen LogP contribution in [0.4, 0.5) is 4.39 Å². The molecular formula is C13H19FO2. The van der Waals surface area contributed by atoms with Gasteiger partial charge in [-0.15, -0.1) is 0 Å². The van der Waals surface area contributed by atoms with Crippen LogP contribution in [0.5, 0.6) is 5.75 Å². The van der Waals surface area contributed by atoms with Gasteiger partial charge in [0.2, 0.25) is 0 Å². The molecule has 0 bridgehead atoms. The summed E-state index contributed by atoms with van der Waals surface area (Å²) < 4.78 is 18.8. The van der Waals surface area contributed by atoms with Crippen molar-refractivity contribution in [3.05, 3.63) is 29.6 Å². The molecule has 1 aromatic rings. The predicted octanol–water partition coefficient (Wildman–Crippen LogP) is 3.13. The first-order valence-electron chi connectivity index (χ1n) is 5.69. The molecule has 0 aliphatic rings. The highest BCUT2D eigenvalue weighted by Crippen LogP contribution is 2.19. The van der Waals surface area contributed by atoms with E-state index in [-0.39, 0.29) is 12.4 Å². The van der Waals surface area contributed by atoms with Gasteiger partial charge in [0.25, 0.3) is 0 Å². The monoisotopic (exact) mass is 226 g/mol. The fourth-order valence-corrected chi connectivity index (χ4v) is 1.57. The highest BCUT2D eigenvalue weighted by Gasteiger charge is 2.07. The van der Waals surface area contributed by atoms with Gasteiger partial charge in [0, 0.05) is 0 Å². The zero-order chi connectivity index (χ0) is 12.0. The molecule has 3 heteroatoms. The minimum Gasteiger partial charge on any atom is -0.490 e. The lowest BCUT2D eigenvalue weighted by molar-refractivity contribution is 0.240. The molecule has 0 aliphatic carbocycles. The van der Waals surface area contributed by atoms with Gasteiger partial charge in [0.1, 0.15) is 0 Å². The zero-order valence-corrected chi connectivity index (χ0v) is 9.87. The maximum absolute atomic E-state index is 13.4. The smallest absolute Gasteiger partial charge is 0.165 e. The second-order valence-corrected chi connectivity index (χ2v) is 4.13. The first-order valence-corrected chi connectivity index (χ1v) is 5.69. The predicted molar refractivity (Wildman–Crippen MR) is 61.9 cm³/mol. The largest absolute Gasteiger partial charge is 0.490 e. The first-order chi connectivity index (χ1) is 7.67. The quantitative estimate of drug-likeness (QED) is 0.807. The number of aliphatic hydroxyl groups excluding tert-OH is 1. The fourth-order valence-electron chi connectivity index (χ4n) is 1.57. The van der Waals surface area contributed by atoms with Gasteiger partial charge < -0.3 is 9.84 Å². The molecule has 1 aromatic carbocycles. The number of rotatable bonds is 6. The van der Waals surface area contributed by atoms with E-state index in [1.807, 2.05) is 0 Å². The minimum absolute atomic E-state index is 0.149. The van der Waals surface area contributed by atoms with Gasteiger partial charge >= 0.3 is 0 Å². The summed E-state index contributed by atoms with van der Waals surface area (Å²) >= 11 is 0. The van der Waals surface area contributed by atoms with Gasteiger partial charge in [-0.1, -0.05) is 26.3 Å². The van der Waals surface area contributed by atoms with Crippen molar-refractivity contribution >= 4 is 0 Å². The van der Waals surface area contributed by atoms with E-state index in [0.717, 1.165) is 12.8 Å². The molecule has 1 atom stereocenters. The Balaban J connectivity index is 2.54. The van der Waals surface area contributed by atoms with Gasteiger partial charge in [0.05, 0.1) is 13.2 Å². The third-order valence-electron chi connectivity index (χ3n) is 2.48. The molecular weight excluding hydrogens is 207 g/mol. The maximum atomic E-state index is 13.4. The second-order valence-electron chi connectivity index (χ2n) is 4.13. The lowest BCUT2D eigenvalue weighted by Gasteiger charge is -2.12. The average molecular weight is 226 g/mol. The van der Waals surface area contributed by atoms with Crippen LogP contribution in [0.2, 0.25) is 0 Å². The van der Waals surface area contributed by atoms with E-state index in [4.69, 9.17) is 9.84 Å². The van der Waals surface area contributed by atoms with Crippen LogP contribution in [0, 0.1) is 11.7 Å². The topological polar surface area (TPSA) is 29.5 Å². The molecule has 0 saturated heterocycles. The zero-order valence-electron chi connectivity index (χ0n) is 9.87. The van der Waals surface area contributed by atoms with Gasteiger partial charge in [-0.3, -0.25) is 0 Å². The van der Waals surface area contributed by atoms with Crippen molar-refractivity contribution in [2.75, 3.05) is 6.61 Å². The molecule has 0 aliphatic heterocycles. The van der Waals surface area contributed by atoms with Crippen LogP contribution in [0.15, 0.2) is 18.2 Å². The molecule has 0 aromatic heterocycles. The Morgan fingerprint density at radius 2 is 2.19 bits per heavy atom. The second kappa shape index (κ2) is 6.48. The maximum Gasteiger partial charge on any atom is 0.165 e. The summed E-state index contributed by atoms with van der Waals surface area (Å²) in [5.41, 5.74) is 0.562. The normalized spacial score (nSPS) is 12.5. The Kier molecular flexibility index (Phi) is 5.26. The number of ether oxygens (including phenoxy) is 1. The van der Waals surface area contributed by atoms with E-state index in [1.54, 1.807) is 12.1 Å². The lowest BCUT2D eigenvalue weighted by atomic mass is 10.1. The average Bonchev–Trinajstić information content (AvgIpc) is 2.27. The highest BCUT2D eigenvalue weighted by molar-refractivity contribution is 5.28. The standard InChI is InChI=1S/C13H19FO2/c1-3-4-10(2)9-16-13-6-5-11(8-15)7-12(13)14/h5-7,10,15H,3-4,8-9H2,1-2H3. The molecule has 0 fully saturated rings. The minimum atomic E-state index is -0.407. The van der Waals surface area contributed by atoms with Crippen LogP contribution in [0.25, 0.3) is 0 Å². The molecule has 16 heavy (non-hydrogen) atoms. The van der Waals surface area contributed by atoms with E-state index in [0.29, 0.717) is 18.1 Å². The lowest BCUT2D eigenvalue weighted by Crippen LogP contribution is -2.09. The molecule has 1 rings (SSSR count). The van der Waals surface area contributed by atoms with E-state index in [2.05, 4.69) is 13.8 Å². The Bertz CT molecular complexity index is 326. The van der Waals surface area contributed by atoms with Gasteiger partial charge in [-0.05, 0) is 30.0 Å². The summed E-state index contributed by atoms with van der Waals surface area (Å²) in [5, 5.41) is 8.83. The van der Waals surface area contributed by atoms with E-state index in [9.17, 15) is 4.39 Å². The van der Waals surface area contributed by atoms with Crippen LogP contribution in [-0.4, -0.2) is 11.7 Å². The highest BCUT2D eigenvalue weighted by atomic mass is 19.1. The molecule has 90 valence electrons. The van der Waals surface area contributed by atoms with E-state index in [1.165, 1.54) is 6.07 Å². The SMILES string of the molecule is CCCC(C)COc1ccc(CO)cc1F. The van der Waals surface area contributed by atoms with Crippen molar-refractivity contribution in [2.45, 2.75) is 33.3 Å². The van der Waals surface area contributed by atoms with Crippen molar-refractivity contribution in [1.29, 1.82) is 0 Å². The molecule has 1 unspecified atom stereocenters. The van der Waals surface area contributed by atoms with Crippen LogP contribution < -0.4 is 4.74 Å². The number of hydrogen-bond donors (Lipinski definition) is 1. The first kappa shape index (κ1) is 13.0. The summed E-state index contributed by atoms with van der Waals surface area (Å²) in [6.45, 7) is 4.59. The Labute approximate surface area is 96.1 Å². The third-order valence-corrected chi connectivity index (χ3v) is 2.48. The Hall–Kier alpha value is -1.09.